The Kier molecular flexibility index (Phi) is 7.39. The van der Waals surface area contributed by atoms with Gasteiger partial charge < -0.3 is 14.0 Å². The van der Waals surface area contributed by atoms with Crippen LogP contribution in [0.2, 0.25) is 0 Å². The number of sulfonamides is 1. The lowest BCUT2D eigenvalue weighted by atomic mass is 10.1. The summed E-state index contributed by atoms with van der Waals surface area (Å²) < 4.78 is 38.6. The third-order valence-corrected chi connectivity index (χ3v) is 8.46. The first-order valence-electron chi connectivity index (χ1n) is 11.1. The predicted octanol–water partition coefficient (Wildman–Crippen LogP) is 2.15. The summed E-state index contributed by atoms with van der Waals surface area (Å²) in [5.41, 5.74) is 1.83. The van der Waals surface area contributed by atoms with E-state index in [4.69, 9.17) is 9.47 Å². The molecular weight excluding hydrogens is 476 g/mol. The summed E-state index contributed by atoms with van der Waals surface area (Å²) in [6, 6.07) is 5.84. The Hall–Kier alpha value is -2.31. The molecule has 0 bridgehead atoms. The van der Waals surface area contributed by atoms with Gasteiger partial charge in [0.15, 0.2) is 0 Å². The van der Waals surface area contributed by atoms with Crippen LogP contribution in [-0.2, 0) is 28.4 Å². The molecule has 4 rings (SSSR count). The van der Waals surface area contributed by atoms with E-state index in [1.807, 2.05) is 31.3 Å². The van der Waals surface area contributed by atoms with E-state index >= 15 is 0 Å². The quantitative estimate of drug-likeness (QED) is 0.432. The van der Waals surface area contributed by atoms with Crippen molar-refractivity contribution in [2.24, 2.45) is 7.05 Å². The fraction of sp³-hybridized carbons (Fsp3) is 0.478. The Morgan fingerprint density at radius 3 is 2.74 bits per heavy atom. The number of rotatable bonds is 8. The number of thiophene rings is 1. The number of fused-ring (bicyclic) bond motifs is 1. The molecule has 1 aliphatic heterocycles. The molecule has 4 heterocycles. The molecule has 1 fully saturated rings. The fourth-order valence-electron chi connectivity index (χ4n) is 4.17. The second-order valence-corrected chi connectivity index (χ2v) is 11.7. The highest BCUT2D eigenvalue weighted by Gasteiger charge is 2.29. The smallest absolute Gasteiger partial charge is 0.259 e. The molecule has 0 spiro atoms. The van der Waals surface area contributed by atoms with Crippen molar-refractivity contribution in [3.63, 3.8) is 0 Å². The largest absolute Gasteiger partial charge is 0.475 e. The van der Waals surface area contributed by atoms with Gasteiger partial charge in [-0.2, -0.15) is 4.31 Å². The average Bonchev–Trinajstić information content (AvgIpc) is 3.21. The van der Waals surface area contributed by atoms with Crippen molar-refractivity contribution in [2.75, 3.05) is 46.2 Å². The van der Waals surface area contributed by atoms with Gasteiger partial charge in [-0.15, -0.1) is 11.3 Å². The van der Waals surface area contributed by atoms with Gasteiger partial charge >= 0.3 is 0 Å². The number of ether oxygens (including phenoxy) is 2. The van der Waals surface area contributed by atoms with E-state index in [1.165, 1.54) is 10.6 Å². The minimum Gasteiger partial charge on any atom is -0.475 e. The van der Waals surface area contributed by atoms with Crippen LogP contribution in [0.25, 0.3) is 21.2 Å². The number of pyridine rings is 2. The van der Waals surface area contributed by atoms with Gasteiger partial charge in [-0.25, -0.2) is 13.4 Å². The molecule has 1 atom stereocenters. The van der Waals surface area contributed by atoms with Crippen LogP contribution in [0.5, 0.6) is 5.88 Å². The predicted molar refractivity (Wildman–Crippen MR) is 134 cm³/mol. The summed E-state index contributed by atoms with van der Waals surface area (Å²) in [7, 11) is 0.186. The average molecular weight is 507 g/mol. The second kappa shape index (κ2) is 10.1. The molecule has 184 valence electrons. The number of hydrogen-bond acceptors (Lipinski definition) is 8. The highest BCUT2D eigenvalue weighted by Crippen LogP contribution is 2.35. The number of piperazine rings is 1. The fourth-order valence-corrected chi connectivity index (χ4v) is 6.27. The van der Waals surface area contributed by atoms with Crippen LogP contribution in [0.3, 0.4) is 0 Å². The molecule has 3 aromatic heterocycles. The van der Waals surface area contributed by atoms with Crippen molar-refractivity contribution in [3.05, 3.63) is 45.8 Å². The van der Waals surface area contributed by atoms with E-state index < -0.39 is 10.0 Å². The number of aryl methyl sites for hydroxylation is 1. The Morgan fingerprint density at radius 2 is 2.03 bits per heavy atom. The first-order valence-corrected chi connectivity index (χ1v) is 13.7. The molecular formula is C23H30N4O5S2. The number of nitrogens with zero attached hydrogens (tertiary/aromatic N) is 4. The van der Waals surface area contributed by atoms with Crippen molar-refractivity contribution in [1.29, 1.82) is 0 Å². The number of aromatic nitrogens is 2. The van der Waals surface area contributed by atoms with Crippen LogP contribution in [0.4, 0.5) is 0 Å². The maximum Gasteiger partial charge on any atom is 0.259 e. The number of hydrogen-bond donors (Lipinski definition) is 0. The Labute approximate surface area is 203 Å². The first-order chi connectivity index (χ1) is 16.2. The maximum absolute atomic E-state index is 12.9. The monoisotopic (exact) mass is 506 g/mol. The molecule has 1 aliphatic rings. The van der Waals surface area contributed by atoms with Crippen LogP contribution in [0, 0.1) is 0 Å². The van der Waals surface area contributed by atoms with Gasteiger partial charge in [0.25, 0.3) is 5.56 Å². The summed E-state index contributed by atoms with van der Waals surface area (Å²) in [6.45, 7) is 5.19. The lowest BCUT2D eigenvalue weighted by Gasteiger charge is -2.38. The molecule has 9 nitrogen and oxygen atoms in total. The zero-order valence-electron chi connectivity index (χ0n) is 19.9. The van der Waals surface area contributed by atoms with Gasteiger partial charge in [-0.1, -0.05) is 0 Å². The van der Waals surface area contributed by atoms with Crippen LogP contribution in [-0.4, -0.2) is 79.4 Å². The van der Waals surface area contributed by atoms with Gasteiger partial charge in [-0.3, -0.25) is 9.69 Å². The molecule has 11 heteroatoms. The molecule has 0 aliphatic carbocycles. The third-order valence-electron chi connectivity index (χ3n) is 6.04. The van der Waals surface area contributed by atoms with Gasteiger partial charge in [0.2, 0.25) is 15.9 Å². The van der Waals surface area contributed by atoms with Crippen LogP contribution >= 0.6 is 11.3 Å². The van der Waals surface area contributed by atoms with Crippen LogP contribution < -0.4 is 10.3 Å². The molecule has 34 heavy (non-hydrogen) atoms. The molecule has 0 unspecified atom stereocenters. The van der Waals surface area contributed by atoms with Crippen molar-refractivity contribution >= 4 is 31.4 Å². The minimum atomic E-state index is -3.19. The summed E-state index contributed by atoms with van der Waals surface area (Å²) in [4.78, 5) is 20.5. The summed E-state index contributed by atoms with van der Waals surface area (Å²) >= 11 is 1.60. The van der Waals surface area contributed by atoms with E-state index in [0.717, 1.165) is 20.7 Å². The van der Waals surface area contributed by atoms with E-state index in [2.05, 4.69) is 9.88 Å². The summed E-state index contributed by atoms with van der Waals surface area (Å²) in [6.07, 6.45) is 4.81. The minimum absolute atomic E-state index is 0.0400. The normalized spacial score (nSPS) is 17.9. The van der Waals surface area contributed by atoms with Crippen molar-refractivity contribution in [3.8, 4) is 17.0 Å². The highest BCUT2D eigenvalue weighted by atomic mass is 32.2. The summed E-state index contributed by atoms with van der Waals surface area (Å²) in [5.74, 6) is 0.505. The lowest BCUT2D eigenvalue weighted by molar-refractivity contribution is 0.123. The topological polar surface area (TPSA) is 94.0 Å². The molecule has 0 aromatic carbocycles. The van der Waals surface area contributed by atoms with Gasteiger partial charge in [0, 0.05) is 80.0 Å². The van der Waals surface area contributed by atoms with Crippen LogP contribution in [0.15, 0.2) is 35.4 Å². The zero-order chi connectivity index (χ0) is 24.5. The molecule has 0 amide bonds. The number of methoxy groups -OCH3 is 1. The van der Waals surface area contributed by atoms with E-state index in [-0.39, 0.29) is 11.6 Å². The highest BCUT2D eigenvalue weighted by molar-refractivity contribution is 7.88. The second-order valence-electron chi connectivity index (χ2n) is 8.58. The molecule has 0 N–H and O–H groups in total. The summed E-state index contributed by atoms with van der Waals surface area (Å²) in [5, 5.41) is 0.682. The van der Waals surface area contributed by atoms with Gasteiger partial charge in [-0.05, 0) is 24.6 Å². The maximum atomic E-state index is 12.9. The molecule has 0 radical (unpaired) electrons. The van der Waals surface area contributed by atoms with E-state index in [1.54, 1.807) is 36.3 Å². The standard InChI is InChI=1S/C23H30N4O5S2/c1-16-13-27(34(4,29)30)8-7-26(16)14-18-12-19-22(33-18)20(15-25(2)23(19)28)17-5-6-24-21(11-17)32-10-9-31-3/h5-6,11-12,15-16H,7-10,13-14H2,1-4H3/t16-/m1/s1. The van der Waals surface area contributed by atoms with E-state index in [9.17, 15) is 13.2 Å². The molecule has 1 saturated heterocycles. The van der Waals surface area contributed by atoms with Crippen molar-refractivity contribution < 1.29 is 17.9 Å². The zero-order valence-corrected chi connectivity index (χ0v) is 21.5. The molecule has 3 aromatic rings. The Morgan fingerprint density at radius 1 is 1.24 bits per heavy atom. The van der Waals surface area contributed by atoms with Crippen molar-refractivity contribution in [1.82, 2.24) is 18.8 Å². The lowest BCUT2D eigenvalue weighted by Crippen LogP contribution is -2.52. The Balaban J connectivity index is 1.63. The SMILES string of the molecule is COCCOc1cc(-c2cn(C)c(=O)c3cc(CN4CCN(S(C)(=O)=O)C[C@H]4C)sc23)ccn1. The Bertz CT molecular complexity index is 1330. The van der Waals surface area contributed by atoms with Crippen molar-refractivity contribution in [2.45, 2.75) is 19.5 Å². The van der Waals surface area contributed by atoms with Gasteiger partial charge in [0.1, 0.15) is 6.61 Å². The molecule has 0 saturated carbocycles. The van der Waals surface area contributed by atoms with Gasteiger partial charge in [0.05, 0.1) is 18.2 Å². The van der Waals surface area contributed by atoms with E-state index in [0.29, 0.717) is 50.7 Å². The van der Waals surface area contributed by atoms with Crippen LogP contribution in [0.1, 0.15) is 11.8 Å². The third kappa shape index (κ3) is 5.33. The first kappa shape index (κ1) is 24.8.